The second kappa shape index (κ2) is 5.16. The van der Waals surface area contributed by atoms with Gasteiger partial charge in [0.1, 0.15) is 11.9 Å². The molecule has 2 aromatic carbocycles. The maximum absolute atomic E-state index is 13.8. The molecule has 0 bridgehead atoms. The summed E-state index contributed by atoms with van der Waals surface area (Å²) in [4.78, 5) is 25.2. The first kappa shape index (κ1) is 13.5. The molecule has 0 aliphatic carbocycles. The van der Waals surface area contributed by atoms with Crippen LogP contribution in [0.1, 0.15) is 23.2 Å². The number of amides is 1. The van der Waals surface area contributed by atoms with Crippen molar-refractivity contribution in [2.24, 2.45) is 0 Å². The molecule has 1 aliphatic heterocycles. The zero-order chi connectivity index (χ0) is 15.0. The number of nitrogens with zero attached hydrogens (tertiary/aromatic N) is 1. The fourth-order valence-electron chi connectivity index (χ4n) is 2.87. The van der Waals surface area contributed by atoms with E-state index in [9.17, 15) is 19.1 Å². The first-order valence-corrected chi connectivity index (χ1v) is 6.80. The van der Waals surface area contributed by atoms with Gasteiger partial charge in [-0.3, -0.25) is 4.79 Å². The molecule has 0 radical (unpaired) electrons. The van der Waals surface area contributed by atoms with Crippen molar-refractivity contribution in [2.45, 2.75) is 18.9 Å². The van der Waals surface area contributed by atoms with Crippen LogP contribution in [0, 0.1) is 5.82 Å². The van der Waals surface area contributed by atoms with E-state index >= 15 is 0 Å². The smallest absolute Gasteiger partial charge is 0.326 e. The third kappa shape index (κ3) is 2.24. The van der Waals surface area contributed by atoms with Crippen LogP contribution in [-0.4, -0.2) is 34.5 Å². The number of carbonyl (C=O) groups is 2. The minimum Gasteiger partial charge on any atom is -0.480 e. The molecule has 1 unspecified atom stereocenters. The highest BCUT2D eigenvalue weighted by Crippen LogP contribution is 2.26. The number of aliphatic carboxylic acids is 1. The largest absolute Gasteiger partial charge is 0.480 e. The average Bonchev–Trinajstić information content (AvgIpc) is 2.97. The summed E-state index contributed by atoms with van der Waals surface area (Å²) in [5.74, 6) is -1.73. The number of carboxylic acids is 1. The molecule has 1 heterocycles. The fraction of sp³-hybridized carbons (Fsp3) is 0.250. The summed E-state index contributed by atoms with van der Waals surface area (Å²) in [5.41, 5.74) is 0.347. The normalized spacial score (nSPS) is 18.1. The van der Waals surface area contributed by atoms with Gasteiger partial charge in [0.05, 0.1) is 0 Å². The average molecular weight is 287 g/mol. The summed E-state index contributed by atoms with van der Waals surface area (Å²) in [6.45, 7) is 0.418. The van der Waals surface area contributed by atoms with E-state index in [1.165, 1.54) is 17.0 Å². The number of hydrogen-bond donors (Lipinski definition) is 1. The molecular weight excluding hydrogens is 273 g/mol. The Morgan fingerprint density at radius 3 is 2.57 bits per heavy atom. The number of carbonyl (C=O) groups excluding carboxylic acids is 1. The lowest BCUT2D eigenvalue weighted by molar-refractivity contribution is -0.141. The van der Waals surface area contributed by atoms with Gasteiger partial charge in [-0.25, -0.2) is 9.18 Å². The lowest BCUT2D eigenvalue weighted by Crippen LogP contribution is -2.40. The number of halogens is 1. The summed E-state index contributed by atoms with van der Waals surface area (Å²) in [7, 11) is 0. The van der Waals surface area contributed by atoms with Crippen LogP contribution in [0.5, 0.6) is 0 Å². The first-order valence-electron chi connectivity index (χ1n) is 6.80. The molecule has 1 amide bonds. The summed E-state index contributed by atoms with van der Waals surface area (Å²) >= 11 is 0. The van der Waals surface area contributed by atoms with Crippen LogP contribution in [-0.2, 0) is 4.79 Å². The van der Waals surface area contributed by atoms with E-state index < -0.39 is 17.8 Å². The number of hydrogen-bond acceptors (Lipinski definition) is 2. The van der Waals surface area contributed by atoms with Crippen molar-refractivity contribution in [2.75, 3.05) is 6.54 Å². The second-order valence-corrected chi connectivity index (χ2v) is 5.14. The first-order chi connectivity index (χ1) is 10.1. The molecule has 21 heavy (non-hydrogen) atoms. The van der Waals surface area contributed by atoms with E-state index in [1.807, 2.05) is 0 Å². The van der Waals surface area contributed by atoms with Gasteiger partial charge < -0.3 is 10.0 Å². The maximum atomic E-state index is 13.8. The Labute approximate surface area is 120 Å². The topological polar surface area (TPSA) is 57.6 Å². The Kier molecular flexibility index (Phi) is 3.33. The van der Waals surface area contributed by atoms with Crippen LogP contribution in [0.15, 0.2) is 36.4 Å². The van der Waals surface area contributed by atoms with E-state index in [2.05, 4.69) is 0 Å². The molecule has 4 nitrogen and oxygen atoms in total. The van der Waals surface area contributed by atoms with Crippen molar-refractivity contribution in [3.63, 3.8) is 0 Å². The molecule has 0 spiro atoms. The summed E-state index contributed by atoms with van der Waals surface area (Å²) in [6, 6.07) is 8.62. The predicted molar refractivity (Wildman–Crippen MR) is 75.6 cm³/mol. The van der Waals surface area contributed by atoms with Crippen molar-refractivity contribution in [3.05, 3.63) is 47.8 Å². The van der Waals surface area contributed by atoms with Crippen molar-refractivity contribution >= 4 is 22.6 Å². The van der Waals surface area contributed by atoms with E-state index in [4.69, 9.17) is 0 Å². The molecule has 108 valence electrons. The standard InChI is InChI=1S/C16H14FNO3/c17-13-8-7-12(10-4-1-2-5-11(10)13)15(19)18-9-3-6-14(18)16(20)21/h1-2,4-5,7-8,14H,3,6,9H2,(H,20,21). The van der Waals surface area contributed by atoms with E-state index in [1.54, 1.807) is 24.3 Å². The van der Waals surface area contributed by atoms with Gasteiger partial charge in [-0.2, -0.15) is 0 Å². The molecule has 1 saturated heterocycles. The SMILES string of the molecule is O=C(O)C1CCCN1C(=O)c1ccc(F)c2ccccc12. The molecule has 3 rings (SSSR count). The Morgan fingerprint density at radius 2 is 1.86 bits per heavy atom. The van der Waals surface area contributed by atoms with Crippen molar-refractivity contribution in [1.29, 1.82) is 0 Å². The van der Waals surface area contributed by atoms with Gasteiger partial charge in [-0.1, -0.05) is 24.3 Å². The number of rotatable bonds is 2. The van der Waals surface area contributed by atoms with Crippen molar-refractivity contribution in [3.8, 4) is 0 Å². The highest BCUT2D eigenvalue weighted by molar-refractivity contribution is 6.08. The molecule has 0 saturated carbocycles. The quantitative estimate of drug-likeness (QED) is 0.923. The summed E-state index contributed by atoms with van der Waals surface area (Å²) in [5, 5.41) is 10.1. The molecule has 1 fully saturated rings. The van der Waals surface area contributed by atoms with E-state index in [0.717, 1.165) is 0 Å². The van der Waals surface area contributed by atoms with Crippen LogP contribution >= 0.6 is 0 Å². The Bertz CT molecular complexity index is 729. The maximum Gasteiger partial charge on any atom is 0.326 e. The van der Waals surface area contributed by atoms with Crippen LogP contribution in [0.3, 0.4) is 0 Å². The third-order valence-electron chi connectivity index (χ3n) is 3.90. The molecule has 1 atom stereocenters. The van der Waals surface area contributed by atoms with Gasteiger partial charge in [0, 0.05) is 17.5 Å². The zero-order valence-electron chi connectivity index (χ0n) is 11.3. The molecule has 1 N–H and O–H groups in total. The van der Waals surface area contributed by atoms with Gasteiger partial charge in [0.15, 0.2) is 0 Å². The lowest BCUT2D eigenvalue weighted by Gasteiger charge is -2.22. The number of carboxylic acid groups (broad SMARTS) is 1. The fourth-order valence-corrected chi connectivity index (χ4v) is 2.87. The van der Waals surface area contributed by atoms with Crippen molar-refractivity contribution < 1.29 is 19.1 Å². The zero-order valence-corrected chi connectivity index (χ0v) is 11.3. The number of fused-ring (bicyclic) bond motifs is 1. The highest BCUT2D eigenvalue weighted by atomic mass is 19.1. The van der Waals surface area contributed by atoms with Crippen LogP contribution in [0.4, 0.5) is 4.39 Å². The lowest BCUT2D eigenvalue weighted by atomic mass is 10.0. The minimum absolute atomic E-state index is 0.347. The van der Waals surface area contributed by atoms with Gasteiger partial charge in [0.25, 0.3) is 5.91 Å². The number of likely N-dealkylation sites (tertiary alicyclic amines) is 1. The third-order valence-corrected chi connectivity index (χ3v) is 3.90. The molecule has 2 aromatic rings. The Balaban J connectivity index is 2.06. The minimum atomic E-state index is -0.993. The summed E-state index contributed by atoms with van der Waals surface area (Å²) in [6.07, 6.45) is 1.13. The van der Waals surface area contributed by atoms with Gasteiger partial charge >= 0.3 is 5.97 Å². The Morgan fingerprint density at radius 1 is 1.14 bits per heavy atom. The molecular formula is C16H14FNO3. The second-order valence-electron chi connectivity index (χ2n) is 5.14. The predicted octanol–water partition coefficient (Wildman–Crippen LogP) is 2.67. The van der Waals surface area contributed by atoms with Crippen LogP contribution in [0.25, 0.3) is 10.8 Å². The van der Waals surface area contributed by atoms with Crippen molar-refractivity contribution in [1.82, 2.24) is 4.90 Å². The van der Waals surface area contributed by atoms with E-state index in [0.29, 0.717) is 35.7 Å². The van der Waals surface area contributed by atoms with Crippen LogP contribution in [0.2, 0.25) is 0 Å². The Hall–Kier alpha value is -2.43. The highest BCUT2D eigenvalue weighted by Gasteiger charge is 2.34. The molecule has 5 heteroatoms. The van der Waals surface area contributed by atoms with Gasteiger partial charge in [-0.05, 0) is 30.4 Å². The monoisotopic (exact) mass is 287 g/mol. The van der Waals surface area contributed by atoms with Gasteiger partial charge in [-0.15, -0.1) is 0 Å². The van der Waals surface area contributed by atoms with Gasteiger partial charge in [0.2, 0.25) is 0 Å². The summed E-state index contributed by atoms with van der Waals surface area (Å²) < 4.78 is 13.8. The van der Waals surface area contributed by atoms with Crippen LogP contribution < -0.4 is 0 Å². The molecule has 1 aliphatic rings. The number of benzene rings is 2. The van der Waals surface area contributed by atoms with E-state index in [-0.39, 0.29) is 5.91 Å². The molecule has 0 aromatic heterocycles.